The Morgan fingerprint density at radius 3 is 2.59 bits per heavy atom. The van der Waals surface area contributed by atoms with Crippen molar-refractivity contribution in [1.82, 2.24) is 9.97 Å². The summed E-state index contributed by atoms with van der Waals surface area (Å²) in [6.45, 7) is 1.60. The van der Waals surface area contributed by atoms with Crippen molar-refractivity contribution < 1.29 is 14.7 Å². The van der Waals surface area contributed by atoms with E-state index >= 15 is 0 Å². The van der Waals surface area contributed by atoms with Crippen molar-refractivity contribution in [2.24, 2.45) is 0 Å². The van der Waals surface area contributed by atoms with E-state index in [0.29, 0.717) is 11.4 Å². The number of carboxylic acid groups (broad SMARTS) is 1. The molecule has 1 N–H and O–H groups in total. The second kappa shape index (κ2) is 5.67. The molecule has 0 unspecified atom stereocenters. The molecule has 1 aromatic heterocycles. The van der Waals surface area contributed by atoms with Crippen LogP contribution in [-0.4, -0.2) is 26.8 Å². The summed E-state index contributed by atoms with van der Waals surface area (Å²) in [7, 11) is 0. The number of aromatic nitrogens is 2. The third-order valence-electron chi connectivity index (χ3n) is 3.97. The fraction of sp³-hybridized carbons (Fsp3) is 0.294. The van der Waals surface area contributed by atoms with Gasteiger partial charge in [0.2, 0.25) is 0 Å². The summed E-state index contributed by atoms with van der Waals surface area (Å²) in [4.78, 5) is 31.8. The molecule has 1 aliphatic carbocycles. The van der Waals surface area contributed by atoms with E-state index in [4.69, 9.17) is 0 Å². The zero-order chi connectivity index (χ0) is 15.7. The number of aromatic carboxylic acids is 1. The lowest BCUT2D eigenvalue weighted by Gasteiger charge is -2.16. The highest BCUT2D eigenvalue weighted by Crippen LogP contribution is 2.23. The number of fused-ring (bicyclic) bond motifs is 1. The Bertz CT molecular complexity index is 768. The summed E-state index contributed by atoms with van der Waals surface area (Å²) in [6, 6.07) is 5.61. The average molecular weight is 296 g/mol. The molecule has 0 radical (unpaired) electrons. The number of nitrogens with zero attached hydrogens (tertiary/aromatic N) is 2. The Morgan fingerprint density at radius 2 is 1.86 bits per heavy atom. The maximum Gasteiger partial charge on any atom is 0.355 e. The normalized spacial score (nSPS) is 13.5. The van der Waals surface area contributed by atoms with E-state index in [1.807, 2.05) is 12.1 Å². The Labute approximate surface area is 128 Å². The molecule has 2 aromatic rings. The fourth-order valence-electron chi connectivity index (χ4n) is 2.83. The third-order valence-corrected chi connectivity index (χ3v) is 3.97. The van der Waals surface area contributed by atoms with Crippen LogP contribution in [0.4, 0.5) is 0 Å². The minimum atomic E-state index is -1.22. The van der Waals surface area contributed by atoms with Crippen LogP contribution in [0.25, 0.3) is 0 Å². The van der Waals surface area contributed by atoms with E-state index in [2.05, 4.69) is 9.97 Å². The van der Waals surface area contributed by atoms with Gasteiger partial charge in [0.25, 0.3) is 0 Å². The minimum absolute atomic E-state index is 0.0360. The topological polar surface area (TPSA) is 80.2 Å². The second-order valence-corrected chi connectivity index (χ2v) is 5.50. The molecular formula is C17H16N2O3. The largest absolute Gasteiger partial charge is 0.476 e. The van der Waals surface area contributed by atoms with Crippen molar-refractivity contribution in [2.45, 2.75) is 32.6 Å². The van der Waals surface area contributed by atoms with Gasteiger partial charge in [0.05, 0.1) is 5.56 Å². The van der Waals surface area contributed by atoms with Crippen LogP contribution in [0.15, 0.2) is 24.4 Å². The van der Waals surface area contributed by atoms with Crippen LogP contribution in [0.2, 0.25) is 0 Å². The van der Waals surface area contributed by atoms with Gasteiger partial charge in [0, 0.05) is 11.8 Å². The highest BCUT2D eigenvalue weighted by Gasteiger charge is 2.21. The van der Waals surface area contributed by atoms with Gasteiger partial charge in [-0.05, 0) is 49.8 Å². The fourth-order valence-corrected chi connectivity index (χ4v) is 2.83. The summed E-state index contributed by atoms with van der Waals surface area (Å²) in [5.74, 6) is -1.23. The number of carbonyl (C=O) groups excluding carboxylic acids is 1. The smallest absolute Gasteiger partial charge is 0.355 e. The lowest BCUT2D eigenvalue weighted by atomic mass is 9.89. The number of carboxylic acids is 1. The number of ketones is 1. The molecule has 1 heterocycles. The number of hydrogen-bond acceptors (Lipinski definition) is 4. The lowest BCUT2D eigenvalue weighted by molar-refractivity contribution is 0.0685. The zero-order valence-electron chi connectivity index (χ0n) is 12.3. The van der Waals surface area contributed by atoms with Gasteiger partial charge in [-0.3, -0.25) is 4.79 Å². The van der Waals surface area contributed by atoms with Crippen LogP contribution < -0.4 is 0 Å². The van der Waals surface area contributed by atoms with Crippen molar-refractivity contribution in [1.29, 1.82) is 0 Å². The molecule has 5 heteroatoms. The number of rotatable bonds is 3. The molecule has 0 saturated heterocycles. The van der Waals surface area contributed by atoms with Crippen molar-refractivity contribution >= 4 is 11.8 Å². The first-order valence-corrected chi connectivity index (χ1v) is 7.29. The molecule has 0 saturated carbocycles. The first-order valence-electron chi connectivity index (χ1n) is 7.29. The molecule has 112 valence electrons. The SMILES string of the molecule is Cc1ncc(C(=O)c2ccc3c(c2)CCCC3)c(C(=O)O)n1. The summed E-state index contributed by atoms with van der Waals surface area (Å²) >= 11 is 0. The molecule has 3 rings (SSSR count). The maximum absolute atomic E-state index is 12.6. The molecule has 5 nitrogen and oxygen atoms in total. The van der Waals surface area contributed by atoms with E-state index in [1.165, 1.54) is 23.7 Å². The van der Waals surface area contributed by atoms with Crippen LogP contribution in [0.1, 0.15) is 56.2 Å². The molecule has 0 amide bonds. The standard InChI is InChI=1S/C17H16N2O3/c1-10-18-9-14(15(19-10)17(21)22)16(20)13-7-6-11-4-2-3-5-12(11)8-13/h6-9H,2-5H2,1H3,(H,21,22). The maximum atomic E-state index is 12.6. The number of hydrogen-bond donors (Lipinski definition) is 1. The number of carbonyl (C=O) groups is 2. The minimum Gasteiger partial charge on any atom is -0.476 e. The Balaban J connectivity index is 2.03. The van der Waals surface area contributed by atoms with Gasteiger partial charge in [0.15, 0.2) is 11.5 Å². The van der Waals surface area contributed by atoms with Gasteiger partial charge < -0.3 is 5.11 Å². The van der Waals surface area contributed by atoms with Gasteiger partial charge in [-0.2, -0.15) is 0 Å². The highest BCUT2D eigenvalue weighted by molar-refractivity contribution is 6.13. The molecular weight excluding hydrogens is 280 g/mol. The molecule has 22 heavy (non-hydrogen) atoms. The van der Waals surface area contributed by atoms with Gasteiger partial charge in [0.1, 0.15) is 5.82 Å². The molecule has 0 atom stereocenters. The van der Waals surface area contributed by atoms with Gasteiger partial charge in [-0.1, -0.05) is 12.1 Å². The third kappa shape index (κ3) is 2.62. The second-order valence-electron chi connectivity index (χ2n) is 5.50. The first-order chi connectivity index (χ1) is 10.6. The lowest BCUT2D eigenvalue weighted by Crippen LogP contribution is -2.14. The zero-order valence-corrected chi connectivity index (χ0v) is 12.3. The first kappa shape index (κ1) is 14.4. The average Bonchev–Trinajstić information content (AvgIpc) is 2.53. The highest BCUT2D eigenvalue weighted by atomic mass is 16.4. The predicted molar refractivity (Wildman–Crippen MR) is 80.2 cm³/mol. The van der Waals surface area contributed by atoms with Crippen LogP contribution in [0.3, 0.4) is 0 Å². The Hall–Kier alpha value is -2.56. The van der Waals surface area contributed by atoms with Gasteiger partial charge in [-0.15, -0.1) is 0 Å². The summed E-state index contributed by atoms with van der Waals surface area (Å²) in [6.07, 6.45) is 5.60. The summed E-state index contributed by atoms with van der Waals surface area (Å²) < 4.78 is 0. The van der Waals surface area contributed by atoms with E-state index in [9.17, 15) is 14.7 Å². The molecule has 0 bridgehead atoms. The molecule has 0 spiro atoms. The van der Waals surface area contributed by atoms with E-state index in [0.717, 1.165) is 19.3 Å². The van der Waals surface area contributed by atoms with Crippen molar-refractivity contribution in [2.75, 3.05) is 0 Å². The van der Waals surface area contributed by atoms with Crippen molar-refractivity contribution in [3.05, 3.63) is 58.2 Å². The van der Waals surface area contributed by atoms with Crippen molar-refractivity contribution in [3.8, 4) is 0 Å². The van der Waals surface area contributed by atoms with Crippen LogP contribution in [-0.2, 0) is 12.8 Å². The summed E-state index contributed by atoms with van der Waals surface area (Å²) in [5, 5.41) is 9.24. The Kier molecular flexibility index (Phi) is 3.71. The van der Waals surface area contributed by atoms with Crippen LogP contribution in [0, 0.1) is 6.92 Å². The number of aryl methyl sites for hydroxylation is 3. The van der Waals surface area contributed by atoms with E-state index in [1.54, 1.807) is 13.0 Å². The number of benzene rings is 1. The molecule has 1 aromatic carbocycles. The monoisotopic (exact) mass is 296 g/mol. The molecule has 0 aliphatic heterocycles. The quantitative estimate of drug-likeness (QED) is 0.881. The molecule has 0 fully saturated rings. The van der Waals surface area contributed by atoms with E-state index < -0.39 is 5.97 Å². The Morgan fingerprint density at radius 1 is 1.14 bits per heavy atom. The van der Waals surface area contributed by atoms with Crippen LogP contribution >= 0.6 is 0 Å². The summed E-state index contributed by atoms with van der Waals surface area (Å²) in [5.41, 5.74) is 2.75. The molecule has 1 aliphatic rings. The van der Waals surface area contributed by atoms with Gasteiger partial charge >= 0.3 is 5.97 Å². The van der Waals surface area contributed by atoms with Crippen molar-refractivity contribution in [3.63, 3.8) is 0 Å². The van der Waals surface area contributed by atoms with E-state index in [-0.39, 0.29) is 17.0 Å². The van der Waals surface area contributed by atoms with Gasteiger partial charge in [-0.25, -0.2) is 14.8 Å². The van der Waals surface area contributed by atoms with Crippen LogP contribution in [0.5, 0.6) is 0 Å². The predicted octanol–water partition coefficient (Wildman–Crippen LogP) is 2.59.